The molecule has 1 aliphatic rings. The molecule has 0 saturated carbocycles. The van der Waals surface area contributed by atoms with Crippen LogP contribution in [0.25, 0.3) is 0 Å². The van der Waals surface area contributed by atoms with E-state index in [1.54, 1.807) is 0 Å². The monoisotopic (exact) mass is 303 g/mol. The second-order valence-corrected chi connectivity index (χ2v) is 6.13. The number of hydrazone groups is 1. The normalized spacial score (nSPS) is 17.0. The summed E-state index contributed by atoms with van der Waals surface area (Å²) >= 11 is 0. The van der Waals surface area contributed by atoms with E-state index < -0.39 is 0 Å². The minimum atomic E-state index is 0.875. The Kier molecular flexibility index (Phi) is 5.80. The van der Waals surface area contributed by atoms with Crippen LogP contribution >= 0.6 is 0 Å². The highest BCUT2D eigenvalue weighted by atomic mass is 15.4. The quantitative estimate of drug-likeness (QED) is 0.498. The number of aryl methyl sites for hydroxylation is 1. The van der Waals surface area contributed by atoms with E-state index in [0.717, 1.165) is 38.6 Å². The summed E-state index contributed by atoms with van der Waals surface area (Å²) < 4.78 is 0. The molecule has 1 heterocycles. The number of rotatable bonds is 5. The molecule has 0 atom stereocenters. The van der Waals surface area contributed by atoms with Gasteiger partial charge >= 0.3 is 0 Å². The van der Waals surface area contributed by atoms with Crippen molar-refractivity contribution in [3.63, 3.8) is 0 Å². The van der Waals surface area contributed by atoms with Crippen molar-refractivity contribution in [1.29, 1.82) is 0 Å². The smallest absolute Gasteiger partial charge is 0.126 e. The molecule has 0 aromatic heterocycles. The Morgan fingerprint density at radius 3 is 2.64 bits per heavy atom. The lowest BCUT2D eigenvalue weighted by molar-refractivity contribution is 0.268. The standard InChI is InChI=1S/C17H29N5/c1-6-17(20-18-4)19-16-10-13(2)9-15(14(16)3)11-22-8-7-21(5)12-22/h9-10,18H,6-8,11-12H2,1-5H3,(H,19,20). The van der Waals surface area contributed by atoms with Crippen molar-refractivity contribution in [3.8, 4) is 0 Å². The minimum absolute atomic E-state index is 0.875. The van der Waals surface area contributed by atoms with Gasteiger partial charge in [0.15, 0.2) is 0 Å². The van der Waals surface area contributed by atoms with E-state index in [2.05, 4.69) is 65.6 Å². The zero-order chi connectivity index (χ0) is 16.1. The van der Waals surface area contributed by atoms with Crippen LogP contribution in [0.2, 0.25) is 0 Å². The van der Waals surface area contributed by atoms with Gasteiger partial charge in [0.2, 0.25) is 0 Å². The third-order valence-electron chi connectivity index (χ3n) is 4.15. The summed E-state index contributed by atoms with van der Waals surface area (Å²) in [5.41, 5.74) is 8.03. The third-order valence-corrected chi connectivity index (χ3v) is 4.15. The van der Waals surface area contributed by atoms with Crippen molar-refractivity contribution in [2.24, 2.45) is 5.10 Å². The number of nitrogens with one attached hydrogen (secondary N) is 2. The van der Waals surface area contributed by atoms with Crippen LogP contribution in [0.4, 0.5) is 5.69 Å². The minimum Gasteiger partial charge on any atom is -0.342 e. The van der Waals surface area contributed by atoms with E-state index in [1.165, 1.54) is 22.4 Å². The zero-order valence-corrected chi connectivity index (χ0v) is 14.5. The Labute approximate surface area is 134 Å². The van der Waals surface area contributed by atoms with Crippen LogP contribution in [-0.2, 0) is 6.54 Å². The van der Waals surface area contributed by atoms with Gasteiger partial charge in [-0.05, 0) is 43.7 Å². The fourth-order valence-electron chi connectivity index (χ4n) is 2.88. The zero-order valence-electron chi connectivity index (χ0n) is 14.5. The van der Waals surface area contributed by atoms with Crippen LogP contribution in [0, 0.1) is 13.8 Å². The Hall–Kier alpha value is -1.59. The Balaban J connectivity index is 2.19. The highest BCUT2D eigenvalue weighted by molar-refractivity contribution is 5.95. The second kappa shape index (κ2) is 7.61. The fraction of sp³-hybridized carbons (Fsp3) is 0.588. The van der Waals surface area contributed by atoms with Gasteiger partial charge in [-0.25, -0.2) is 0 Å². The van der Waals surface area contributed by atoms with Crippen molar-refractivity contribution in [2.45, 2.75) is 33.7 Å². The third kappa shape index (κ3) is 4.21. The first-order valence-electron chi connectivity index (χ1n) is 8.04. The van der Waals surface area contributed by atoms with Crippen LogP contribution in [0.15, 0.2) is 17.2 Å². The van der Waals surface area contributed by atoms with Gasteiger partial charge in [-0.1, -0.05) is 13.0 Å². The number of hydrogen-bond donors (Lipinski definition) is 2. The van der Waals surface area contributed by atoms with E-state index in [1.807, 2.05) is 7.05 Å². The van der Waals surface area contributed by atoms with E-state index in [-0.39, 0.29) is 0 Å². The Morgan fingerprint density at radius 1 is 1.27 bits per heavy atom. The van der Waals surface area contributed by atoms with Gasteiger partial charge in [0.25, 0.3) is 0 Å². The summed E-state index contributed by atoms with van der Waals surface area (Å²) in [6, 6.07) is 4.51. The molecule has 0 aliphatic carbocycles. The van der Waals surface area contributed by atoms with Gasteiger partial charge in [0, 0.05) is 38.8 Å². The number of amidine groups is 1. The summed E-state index contributed by atoms with van der Waals surface area (Å²) in [6.07, 6.45) is 0.875. The van der Waals surface area contributed by atoms with Crippen LogP contribution in [0.3, 0.4) is 0 Å². The van der Waals surface area contributed by atoms with Gasteiger partial charge in [-0.15, -0.1) is 0 Å². The first kappa shape index (κ1) is 16.8. The van der Waals surface area contributed by atoms with E-state index >= 15 is 0 Å². The van der Waals surface area contributed by atoms with Crippen LogP contribution in [0.1, 0.15) is 30.0 Å². The first-order chi connectivity index (χ1) is 10.5. The molecule has 0 bridgehead atoms. The van der Waals surface area contributed by atoms with Gasteiger partial charge in [-0.2, -0.15) is 5.10 Å². The summed E-state index contributed by atoms with van der Waals surface area (Å²) in [5, 5.41) is 7.76. The van der Waals surface area contributed by atoms with Crippen LogP contribution in [-0.4, -0.2) is 49.5 Å². The molecular formula is C17H29N5. The predicted octanol–water partition coefficient (Wildman–Crippen LogP) is 2.36. The summed E-state index contributed by atoms with van der Waals surface area (Å²) in [5.74, 6) is 0.961. The molecule has 1 aromatic carbocycles. The van der Waals surface area contributed by atoms with Crippen molar-refractivity contribution >= 4 is 11.5 Å². The molecule has 2 N–H and O–H groups in total. The number of likely N-dealkylation sites (N-methyl/N-ethyl adjacent to an activating group) is 1. The molecule has 1 fully saturated rings. The SMILES string of the molecule is CC/C(=N\NC)Nc1cc(C)cc(CN2CCN(C)C2)c1C. The molecule has 0 spiro atoms. The summed E-state index contributed by atoms with van der Waals surface area (Å²) in [7, 11) is 4.01. The fourth-order valence-corrected chi connectivity index (χ4v) is 2.88. The number of hydrogen-bond acceptors (Lipinski definition) is 4. The molecule has 5 heteroatoms. The van der Waals surface area contributed by atoms with Crippen LogP contribution < -0.4 is 10.7 Å². The molecule has 0 unspecified atom stereocenters. The van der Waals surface area contributed by atoms with E-state index in [0.29, 0.717) is 0 Å². The highest BCUT2D eigenvalue weighted by Gasteiger charge is 2.18. The van der Waals surface area contributed by atoms with Crippen molar-refractivity contribution in [1.82, 2.24) is 15.2 Å². The molecule has 5 nitrogen and oxygen atoms in total. The van der Waals surface area contributed by atoms with E-state index in [4.69, 9.17) is 0 Å². The Bertz CT molecular complexity index is 538. The molecule has 2 rings (SSSR count). The topological polar surface area (TPSA) is 42.9 Å². The maximum absolute atomic E-state index is 4.29. The predicted molar refractivity (Wildman–Crippen MR) is 94.2 cm³/mol. The van der Waals surface area contributed by atoms with Gasteiger partial charge in [0.1, 0.15) is 5.84 Å². The van der Waals surface area contributed by atoms with E-state index in [9.17, 15) is 0 Å². The molecular weight excluding hydrogens is 274 g/mol. The number of benzene rings is 1. The highest BCUT2D eigenvalue weighted by Crippen LogP contribution is 2.24. The van der Waals surface area contributed by atoms with Crippen molar-refractivity contribution < 1.29 is 0 Å². The largest absolute Gasteiger partial charge is 0.342 e. The molecule has 0 amide bonds. The Morgan fingerprint density at radius 2 is 2.05 bits per heavy atom. The average Bonchev–Trinajstić information content (AvgIpc) is 2.88. The van der Waals surface area contributed by atoms with Crippen molar-refractivity contribution in [3.05, 3.63) is 28.8 Å². The first-order valence-corrected chi connectivity index (χ1v) is 8.04. The summed E-state index contributed by atoms with van der Waals surface area (Å²) in [6.45, 7) is 10.8. The summed E-state index contributed by atoms with van der Waals surface area (Å²) in [4.78, 5) is 4.85. The lowest BCUT2D eigenvalue weighted by Gasteiger charge is -2.20. The molecule has 1 aromatic rings. The van der Waals surface area contributed by atoms with Gasteiger partial charge in [0.05, 0.1) is 6.67 Å². The molecule has 1 aliphatic heterocycles. The van der Waals surface area contributed by atoms with Gasteiger partial charge in [-0.3, -0.25) is 9.80 Å². The lowest BCUT2D eigenvalue weighted by atomic mass is 10.0. The van der Waals surface area contributed by atoms with Crippen molar-refractivity contribution in [2.75, 3.05) is 39.2 Å². The number of nitrogens with zero attached hydrogens (tertiary/aromatic N) is 3. The maximum Gasteiger partial charge on any atom is 0.126 e. The second-order valence-electron chi connectivity index (χ2n) is 6.13. The molecule has 1 saturated heterocycles. The number of anilines is 1. The molecule has 122 valence electrons. The average molecular weight is 303 g/mol. The molecule has 22 heavy (non-hydrogen) atoms. The maximum atomic E-state index is 4.29. The van der Waals surface area contributed by atoms with Crippen LogP contribution in [0.5, 0.6) is 0 Å². The lowest BCUT2D eigenvalue weighted by Crippen LogP contribution is -2.23. The van der Waals surface area contributed by atoms with Gasteiger partial charge < -0.3 is 10.7 Å². The molecule has 0 radical (unpaired) electrons.